The molecule has 0 radical (unpaired) electrons. The van der Waals surface area contributed by atoms with E-state index in [9.17, 15) is 13.2 Å². The topological polar surface area (TPSA) is 79.4 Å². The van der Waals surface area contributed by atoms with Crippen molar-refractivity contribution in [3.63, 3.8) is 0 Å². The zero-order chi connectivity index (χ0) is 18.1. The molecule has 0 bridgehead atoms. The van der Waals surface area contributed by atoms with Gasteiger partial charge in [-0.15, -0.1) is 11.3 Å². The Hall–Kier alpha value is -1.93. The van der Waals surface area contributed by atoms with Crippen molar-refractivity contribution >= 4 is 33.0 Å². The summed E-state index contributed by atoms with van der Waals surface area (Å²) in [6.07, 6.45) is 2.73. The van der Waals surface area contributed by atoms with Gasteiger partial charge < -0.3 is 4.90 Å². The molecule has 8 heteroatoms. The molecule has 1 saturated carbocycles. The Labute approximate surface area is 157 Å². The van der Waals surface area contributed by atoms with Gasteiger partial charge in [0.15, 0.2) is 9.84 Å². The number of hydrogen-bond acceptors (Lipinski definition) is 5. The first-order chi connectivity index (χ1) is 12.5. The third-order valence-electron chi connectivity index (χ3n) is 4.86. The molecule has 2 aromatic rings. The number of thiazole rings is 1. The van der Waals surface area contributed by atoms with Gasteiger partial charge in [0.05, 0.1) is 27.9 Å². The standard InChI is InChI=1S/C18H21N3O3S2/c22-18(20-17-16(14-7-8-14)25-12-19-17)21-9-4-10-26(23,24)11-15(21)13-5-2-1-3-6-13/h1-3,5-6,12,14-15H,4,7-11H2,(H,20,22). The van der Waals surface area contributed by atoms with Crippen molar-refractivity contribution in [2.75, 3.05) is 23.4 Å². The van der Waals surface area contributed by atoms with Gasteiger partial charge >= 0.3 is 6.03 Å². The molecule has 2 fully saturated rings. The van der Waals surface area contributed by atoms with Crippen molar-refractivity contribution in [1.29, 1.82) is 0 Å². The minimum absolute atomic E-state index is 0.0447. The van der Waals surface area contributed by atoms with E-state index < -0.39 is 15.9 Å². The Morgan fingerprint density at radius 1 is 1.23 bits per heavy atom. The molecular formula is C18H21N3O3S2. The number of hydrogen-bond donors (Lipinski definition) is 1. The van der Waals surface area contributed by atoms with Crippen molar-refractivity contribution in [2.24, 2.45) is 0 Å². The number of benzene rings is 1. The molecule has 4 rings (SSSR count). The highest BCUT2D eigenvalue weighted by Gasteiger charge is 2.34. The first-order valence-electron chi connectivity index (χ1n) is 8.80. The smallest absolute Gasteiger partial charge is 0.316 e. The van der Waals surface area contributed by atoms with Gasteiger partial charge in [-0.3, -0.25) is 5.32 Å². The van der Waals surface area contributed by atoms with Crippen molar-refractivity contribution in [3.05, 3.63) is 46.3 Å². The number of rotatable bonds is 3. The molecule has 1 unspecified atom stereocenters. The van der Waals surface area contributed by atoms with E-state index in [0.29, 0.717) is 24.7 Å². The third kappa shape index (κ3) is 3.76. The molecule has 1 aromatic carbocycles. The van der Waals surface area contributed by atoms with E-state index in [0.717, 1.165) is 23.3 Å². The van der Waals surface area contributed by atoms with Gasteiger partial charge in [0.1, 0.15) is 5.82 Å². The zero-order valence-electron chi connectivity index (χ0n) is 14.3. The van der Waals surface area contributed by atoms with E-state index in [1.54, 1.807) is 21.7 Å². The number of sulfone groups is 1. The van der Waals surface area contributed by atoms with E-state index in [1.165, 1.54) is 0 Å². The fraction of sp³-hybridized carbons (Fsp3) is 0.444. The molecule has 1 saturated heterocycles. The average molecular weight is 392 g/mol. The van der Waals surface area contributed by atoms with Crippen LogP contribution in [0.4, 0.5) is 10.6 Å². The molecule has 6 nitrogen and oxygen atoms in total. The van der Waals surface area contributed by atoms with Crippen LogP contribution in [0.25, 0.3) is 0 Å². The van der Waals surface area contributed by atoms with E-state index in [-0.39, 0.29) is 17.5 Å². The van der Waals surface area contributed by atoms with Gasteiger partial charge in [-0.1, -0.05) is 30.3 Å². The first-order valence-corrected chi connectivity index (χ1v) is 11.5. The Balaban J connectivity index is 1.60. The van der Waals surface area contributed by atoms with Crippen LogP contribution in [-0.4, -0.2) is 42.4 Å². The lowest BCUT2D eigenvalue weighted by Crippen LogP contribution is -2.40. The summed E-state index contributed by atoms with van der Waals surface area (Å²) in [7, 11) is -3.19. The largest absolute Gasteiger partial charge is 0.323 e. The van der Waals surface area contributed by atoms with Gasteiger partial charge in [0, 0.05) is 6.54 Å². The minimum atomic E-state index is -3.19. The maximum Gasteiger partial charge on any atom is 0.323 e. The molecule has 1 aliphatic carbocycles. The third-order valence-corrected chi connectivity index (χ3v) is 7.58. The van der Waals surface area contributed by atoms with Crippen LogP contribution in [0, 0.1) is 0 Å². The van der Waals surface area contributed by atoms with Crippen molar-refractivity contribution in [3.8, 4) is 0 Å². The predicted molar refractivity (Wildman–Crippen MR) is 102 cm³/mol. The molecular weight excluding hydrogens is 370 g/mol. The number of aromatic nitrogens is 1. The second-order valence-corrected chi connectivity index (χ2v) is 9.97. The highest BCUT2D eigenvalue weighted by molar-refractivity contribution is 7.91. The Kier molecular flexibility index (Phi) is 4.71. The fourth-order valence-corrected chi connectivity index (χ4v) is 5.88. The molecule has 0 spiro atoms. The summed E-state index contributed by atoms with van der Waals surface area (Å²) in [5, 5.41) is 2.93. The maximum absolute atomic E-state index is 13.0. The van der Waals surface area contributed by atoms with Crippen LogP contribution >= 0.6 is 11.3 Å². The van der Waals surface area contributed by atoms with Crippen molar-refractivity contribution in [1.82, 2.24) is 9.88 Å². The summed E-state index contributed by atoms with van der Waals surface area (Å²) in [4.78, 5) is 20.1. The van der Waals surface area contributed by atoms with Crippen LogP contribution < -0.4 is 5.32 Å². The summed E-state index contributed by atoms with van der Waals surface area (Å²) in [5.41, 5.74) is 2.60. The molecule has 2 amide bonds. The van der Waals surface area contributed by atoms with Gasteiger partial charge in [-0.25, -0.2) is 18.2 Å². The molecule has 2 heterocycles. The van der Waals surface area contributed by atoms with E-state index in [1.807, 2.05) is 30.3 Å². The van der Waals surface area contributed by atoms with E-state index >= 15 is 0 Å². The quantitative estimate of drug-likeness (QED) is 0.869. The number of nitrogens with one attached hydrogen (secondary N) is 1. The lowest BCUT2D eigenvalue weighted by atomic mass is 10.1. The van der Waals surface area contributed by atoms with Crippen LogP contribution in [0.5, 0.6) is 0 Å². The van der Waals surface area contributed by atoms with Gasteiger partial charge in [-0.2, -0.15) is 0 Å². The summed E-state index contributed by atoms with van der Waals surface area (Å²) < 4.78 is 24.6. The molecule has 2 aliphatic rings. The second kappa shape index (κ2) is 7.00. The molecule has 1 aliphatic heterocycles. The van der Waals surface area contributed by atoms with Crippen LogP contribution in [0.1, 0.15) is 41.7 Å². The monoisotopic (exact) mass is 391 g/mol. The minimum Gasteiger partial charge on any atom is -0.316 e. The lowest BCUT2D eigenvalue weighted by molar-refractivity contribution is 0.195. The Bertz CT molecular complexity index is 891. The lowest BCUT2D eigenvalue weighted by Gasteiger charge is -2.29. The summed E-state index contributed by atoms with van der Waals surface area (Å²) in [6, 6.07) is 8.63. The van der Waals surface area contributed by atoms with Gasteiger partial charge in [0.25, 0.3) is 0 Å². The SMILES string of the molecule is O=C(Nc1ncsc1C1CC1)N1CCCS(=O)(=O)CC1c1ccccc1. The predicted octanol–water partition coefficient (Wildman–Crippen LogP) is 3.41. The first kappa shape index (κ1) is 17.5. The zero-order valence-corrected chi connectivity index (χ0v) is 15.9. The molecule has 138 valence electrons. The molecule has 1 aromatic heterocycles. The number of amides is 2. The normalized spacial score (nSPS) is 22.6. The molecule has 1 N–H and O–H groups in total. The maximum atomic E-state index is 13.0. The van der Waals surface area contributed by atoms with Crippen LogP contribution in [0.3, 0.4) is 0 Å². The fourth-order valence-electron chi connectivity index (χ4n) is 3.38. The second-order valence-electron chi connectivity index (χ2n) is 6.86. The summed E-state index contributed by atoms with van der Waals surface area (Å²) >= 11 is 1.57. The van der Waals surface area contributed by atoms with Gasteiger partial charge in [0.2, 0.25) is 0 Å². The number of carbonyl (C=O) groups excluding carboxylic acids is 1. The van der Waals surface area contributed by atoms with E-state index in [4.69, 9.17) is 0 Å². The number of urea groups is 1. The van der Waals surface area contributed by atoms with Gasteiger partial charge in [-0.05, 0) is 30.7 Å². The summed E-state index contributed by atoms with van der Waals surface area (Å²) in [6.45, 7) is 0.410. The molecule has 26 heavy (non-hydrogen) atoms. The number of nitrogens with zero attached hydrogens (tertiary/aromatic N) is 2. The highest BCUT2D eigenvalue weighted by Crippen LogP contribution is 2.45. The van der Waals surface area contributed by atoms with Crippen LogP contribution in [0.15, 0.2) is 35.8 Å². The Morgan fingerprint density at radius 2 is 2.00 bits per heavy atom. The van der Waals surface area contributed by atoms with Crippen molar-refractivity contribution < 1.29 is 13.2 Å². The Morgan fingerprint density at radius 3 is 2.73 bits per heavy atom. The highest BCUT2D eigenvalue weighted by atomic mass is 32.2. The molecule has 1 atom stereocenters. The van der Waals surface area contributed by atoms with Crippen molar-refractivity contribution in [2.45, 2.75) is 31.2 Å². The summed E-state index contributed by atoms with van der Waals surface area (Å²) in [5.74, 6) is 1.20. The van der Waals surface area contributed by atoms with Crippen LogP contribution in [-0.2, 0) is 9.84 Å². The number of anilines is 1. The average Bonchev–Trinajstić information content (AvgIpc) is 3.39. The van der Waals surface area contributed by atoms with E-state index in [2.05, 4.69) is 10.3 Å². The number of carbonyl (C=O) groups is 1. The van der Waals surface area contributed by atoms with Crippen LogP contribution in [0.2, 0.25) is 0 Å².